The molecule has 2 aromatic rings. The van der Waals surface area contributed by atoms with Crippen LogP contribution in [0.2, 0.25) is 0 Å². The molecule has 0 N–H and O–H groups in total. The predicted octanol–water partition coefficient (Wildman–Crippen LogP) is 6.11. The smallest absolute Gasteiger partial charge is 0.192 e. The molecule has 4 rings (SSSR count). The fourth-order valence-corrected chi connectivity index (χ4v) is 5.12. The Kier molecular flexibility index (Phi) is 5.98. The third kappa shape index (κ3) is 3.68. The minimum Gasteiger partial charge on any atom is -0.467 e. The van der Waals surface area contributed by atoms with Gasteiger partial charge in [-0.25, -0.2) is 0 Å². The van der Waals surface area contributed by atoms with E-state index in [1.807, 2.05) is 61.5 Å². The molecule has 4 nitrogen and oxygen atoms in total. The summed E-state index contributed by atoms with van der Waals surface area (Å²) in [5.41, 5.74) is 2.94. The molecule has 1 spiro atoms. The van der Waals surface area contributed by atoms with Crippen LogP contribution in [0.15, 0.2) is 77.9 Å². The van der Waals surface area contributed by atoms with Crippen LogP contribution in [0.3, 0.4) is 0 Å². The van der Waals surface area contributed by atoms with Gasteiger partial charge < -0.3 is 4.74 Å². The highest BCUT2D eigenvalue weighted by molar-refractivity contribution is 6.10. The number of carbonyl (C=O) groups excluding carboxylic acids is 2. The molecule has 2 unspecified atom stereocenters. The number of hydrogen-bond donors (Lipinski definition) is 0. The summed E-state index contributed by atoms with van der Waals surface area (Å²) in [6, 6.07) is 15.0. The van der Waals surface area contributed by atoms with Crippen molar-refractivity contribution in [1.29, 1.82) is 0 Å². The third-order valence-corrected chi connectivity index (χ3v) is 7.13. The first-order valence-electron chi connectivity index (χ1n) is 11.5. The molecule has 0 radical (unpaired) electrons. The van der Waals surface area contributed by atoms with Crippen LogP contribution < -0.4 is 4.74 Å². The molecule has 2 aromatic carbocycles. The predicted molar refractivity (Wildman–Crippen MR) is 132 cm³/mol. The van der Waals surface area contributed by atoms with Crippen LogP contribution in [0.4, 0.5) is 0 Å². The summed E-state index contributed by atoms with van der Waals surface area (Å²) in [4.78, 5) is 26.7. The van der Waals surface area contributed by atoms with Gasteiger partial charge in [0.15, 0.2) is 11.5 Å². The molecule has 2 heterocycles. The van der Waals surface area contributed by atoms with Crippen molar-refractivity contribution in [3.8, 4) is 5.75 Å². The van der Waals surface area contributed by atoms with Crippen molar-refractivity contribution in [2.45, 2.75) is 45.9 Å². The summed E-state index contributed by atoms with van der Waals surface area (Å²) in [5.74, 6) is 0.782. The zero-order valence-electron chi connectivity index (χ0n) is 20.0. The Hall–Kier alpha value is -3.24. The van der Waals surface area contributed by atoms with Crippen molar-refractivity contribution >= 4 is 18.1 Å². The van der Waals surface area contributed by atoms with Crippen LogP contribution in [0.5, 0.6) is 5.75 Å². The van der Waals surface area contributed by atoms with E-state index >= 15 is 0 Å². The maximum atomic E-state index is 13.3. The van der Waals surface area contributed by atoms with E-state index in [4.69, 9.17) is 4.74 Å². The van der Waals surface area contributed by atoms with E-state index in [-0.39, 0.29) is 11.8 Å². The lowest BCUT2D eigenvalue weighted by Crippen LogP contribution is -2.55. The molecule has 2 aliphatic rings. The quantitative estimate of drug-likeness (QED) is 0.319. The number of likely N-dealkylation sites (N-methyl/N-ethyl adjacent to an activating group) is 1. The molecular formula is C29H31NO3. The van der Waals surface area contributed by atoms with E-state index in [9.17, 15) is 9.59 Å². The minimum atomic E-state index is -0.707. The van der Waals surface area contributed by atoms with Gasteiger partial charge in [-0.3, -0.25) is 14.5 Å². The molecule has 0 saturated carbocycles. The third-order valence-electron chi connectivity index (χ3n) is 7.13. The number of fused-ring (bicyclic) bond motifs is 1. The Labute approximate surface area is 196 Å². The lowest BCUT2D eigenvalue weighted by molar-refractivity contribution is -0.0706. The molecule has 0 amide bonds. The number of allylic oxidation sites excluding steroid dienone is 3. The molecule has 0 aliphatic carbocycles. The van der Waals surface area contributed by atoms with Crippen molar-refractivity contribution < 1.29 is 14.3 Å². The molecule has 170 valence electrons. The fraction of sp³-hybridized carbons (Fsp3) is 0.310. The SMILES string of the molecule is CC/C=C(\C=C1/C(C)N(C)C2(C=Cc3cc(C=O)ccc3O2)C1(C)C)C(=O)c1ccccc1. The van der Waals surface area contributed by atoms with Crippen LogP contribution in [-0.4, -0.2) is 35.8 Å². The maximum absolute atomic E-state index is 13.3. The first kappa shape index (κ1) is 22.9. The molecular weight excluding hydrogens is 410 g/mol. The van der Waals surface area contributed by atoms with Gasteiger partial charge in [0.1, 0.15) is 12.0 Å². The fourth-order valence-electron chi connectivity index (χ4n) is 5.12. The zero-order chi connectivity index (χ0) is 23.8. The van der Waals surface area contributed by atoms with Gasteiger partial charge in [0.05, 0.1) is 0 Å². The maximum Gasteiger partial charge on any atom is 0.192 e. The Bertz CT molecular complexity index is 1170. The lowest BCUT2D eigenvalue weighted by Gasteiger charge is -2.45. The van der Waals surface area contributed by atoms with Gasteiger partial charge in [0.2, 0.25) is 0 Å². The monoisotopic (exact) mass is 441 g/mol. The number of carbonyl (C=O) groups is 2. The standard InChI is InChI=1S/C29H31NO3/c1-6-10-24(27(32)22-11-8-7-9-12-22)18-25-20(2)30(5)29(28(25,3)4)16-15-23-17-21(19-31)13-14-26(23)33-29/h7-20H,6H2,1-5H3/b24-10+,25-18+. The molecule has 0 aromatic heterocycles. The van der Waals surface area contributed by atoms with E-state index in [2.05, 4.69) is 44.9 Å². The Morgan fingerprint density at radius 1 is 1.15 bits per heavy atom. The van der Waals surface area contributed by atoms with Crippen molar-refractivity contribution in [3.63, 3.8) is 0 Å². The van der Waals surface area contributed by atoms with Gasteiger partial charge in [-0.15, -0.1) is 0 Å². The molecule has 2 aliphatic heterocycles. The molecule has 33 heavy (non-hydrogen) atoms. The van der Waals surface area contributed by atoms with Gasteiger partial charge in [-0.05, 0) is 62.4 Å². The zero-order valence-corrected chi connectivity index (χ0v) is 20.0. The number of benzene rings is 2. The summed E-state index contributed by atoms with van der Waals surface area (Å²) >= 11 is 0. The number of likely N-dealkylation sites (tertiary alicyclic amines) is 1. The minimum absolute atomic E-state index is 0.0309. The van der Waals surface area contributed by atoms with Crippen LogP contribution in [0.25, 0.3) is 6.08 Å². The second-order valence-electron chi connectivity index (χ2n) is 9.32. The van der Waals surface area contributed by atoms with Crippen LogP contribution in [0, 0.1) is 5.41 Å². The molecule has 0 bridgehead atoms. The van der Waals surface area contributed by atoms with Gasteiger partial charge in [0.25, 0.3) is 0 Å². The largest absolute Gasteiger partial charge is 0.467 e. The summed E-state index contributed by atoms with van der Waals surface area (Å²) in [7, 11) is 2.06. The van der Waals surface area contributed by atoms with Gasteiger partial charge in [-0.1, -0.05) is 57.2 Å². The van der Waals surface area contributed by atoms with E-state index in [1.54, 1.807) is 6.07 Å². The first-order chi connectivity index (χ1) is 15.7. The summed E-state index contributed by atoms with van der Waals surface area (Å²) in [6.07, 6.45) is 9.82. The van der Waals surface area contributed by atoms with E-state index < -0.39 is 11.1 Å². The number of ketones is 1. The van der Waals surface area contributed by atoms with Crippen molar-refractivity contribution in [2.24, 2.45) is 5.41 Å². The second kappa shape index (κ2) is 8.60. The number of ether oxygens (including phenoxy) is 1. The van der Waals surface area contributed by atoms with Crippen LogP contribution in [-0.2, 0) is 0 Å². The van der Waals surface area contributed by atoms with Gasteiger partial charge in [0, 0.05) is 33.7 Å². The highest BCUT2D eigenvalue weighted by Crippen LogP contribution is 2.55. The summed E-state index contributed by atoms with van der Waals surface area (Å²) < 4.78 is 6.67. The van der Waals surface area contributed by atoms with Crippen molar-refractivity contribution in [1.82, 2.24) is 4.90 Å². The highest BCUT2D eigenvalue weighted by Gasteiger charge is 2.60. The van der Waals surface area contributed by atoms with Crippen LogP contribution in [0.1, 0.15) is 60.4 Å². The molecule has 1 saturated heterocycles. The van der Waals surface area contributed by atoms with Crippen LogP contribution >= 0.6 is 0 Å². The van der Waals surface area contributed by atoms with Crippen molar-refractivity contribution in [2.75, 3.05) is 7.05 Å². The van der Waals surface area contributed by atoms with E-state index in [0.717, 1.165) is 29.6 Å². The average molecular weight is 442 g/mol. The van der Waals surface area contributed by atoms with Crippen molar-refractivity contribution in [3.05, 3.63) is 94.6 Å². The van der Waals surface area contributed by atoms with Gasteiger partial charge >= 0.3 is 0 Å². The number of rotatable bonds is 5. The number of aldehydes is 1. The Balaban J connectivity index is 1.77. The molecule has 1 fully saturated rings. The number of hydrogen-bond acceptors (Lipinski definition) is 4. The summed E-state index contributed by atoms with van der Waals surface area (Å²) in [5, 5.41) is 0. The first-order valence-corrected chi connectivity index (χ1v) is 11.5. The Morgan fingerprint density at radius 3 is 2.55 bits per heavy atom. The number of Topliss-reactive ketones (excluding diaryl/α,β-unsaturated/α-hetero) is 1. The second-order valence-corrected chi connectivity index (χ2v) is 9.32. The average Bonchev–Trinajstić information content (AvgIpc) is 2.96. The topological polar surface area (TPSA) is 46.6 Å². The number of nitrogens with zero attached hydrogens (tertiary/aromatic N) is 1. The normalized spacial score (nSPS) is 25.2. The Morgan fingerprint density at radius 2 is 1.88 bits per heavy atom. The highest BCUT2D eigenvalue weighted by atomic mass is 16.5. The molecule has 2 atom stereocenters. The van der Waals surface area contributed by atoms with Gasteiger partial charge in [-0.2, -0.15) is 0 Å². The van der Waals surface area contributed by atoms with E-state index in [0.29, 0.717) is 16.7 Å². The summed E-state index contributed by atoms with van der Waals surface area (Å²) in [6.45, 7) is 8.54. The lowest BCUT2D eigenvalue weighted by atomic mass is 9.74. The molecule has 4 heteroatoms. The van der Waals surface area contributed by atoms with E-state index in [1.165, 1.54) is 0 Å².